The summed E-state index contributed by atoms with van der Waals surface area (Å²) in [5, 5.41) is 8.14. The molecule has 1 aliphatic heterocycles. The second-order valence-electron chi connectivity index (χ2n) is 3.56. The van der Waals surface area contributed by atoms with Gasteiger partial charge in [0.1, 0.15) is 0 Å². The first-order chi connectivity index (χ1) is 7.27. The Balaban J connectivity index is 1.83. The van der Waals surface area contributed by atoms with Gasteiger partial charge in [-0.05, 0) is 46.8 Å². The van der Waals surface area contributed by atoms with Crippen molar-refractivity contribution in [3.8, 4) is 0 Å². The van der Waals surface area contributed by atoms with Gasteiger partial charge < -0.3 is 10.6 Å². The lowest BCUT2D eigenvalue weighted by Crippen LogP contribution is -2.39. The number of thiophene rings is 1. The van der Waals surface area contributed by atoms with Crippen molar-refractivity contribution in [2.24, 2.45) is 0 Å². The Kier molecular flexibility index (Phi) is 3.77. The van der Waals surface area contributed by atoms with Crippen molar-refractivity contribution in [2.45, 2.75) is 25.4 Å². The summed E-state index contributed by atoms with van der Waals surface area (Å²) < 4.78 is 1.08. The van der Waals surface area contributed by atoms with E-state index in [2.05, 4.69) is 26.6 Å². The number of carbonyl (C=O) groups is 1. The average molecular weight is 289 g/mol. The molecule has 1 amide bonds. The molecule has 0 aromatic carbocycles. The van der Waals surface area contributed by atoms with Crippen molar-refractivity contribution < 1.29 is 4.79 Å². The summed E-state index contributed by atoms with van der Waals surface area (Å²) in [6, 6.07) is 2.02. The second-order valence-corrected chi connectivity index (χ2v) is 5.41. The number of amides is 1. The van der Waals surface area contributed by atoms with E-state index in [0.29, 0.717) is 6.54 Å². The van der Waals surface area contributed by atoms with E-state index in [1.165, 1.54) is 4.88 Å². The molecule has 1 atom stereocenters. The van der Waals surface area contributed by atoms with E-state index in [9.17, 15) is 4.79 Å². The lowest BCUT2D eigenvalue weighted by molar-refractivity contribution is -0.122. The second kappa shape index (κ2) is 5.09. The third-order valence-electron chi connectivity index (χ3n) is 2.49. The molecule has 5 heteroatoms. The van der Waals surface area contributed by atoms with Gasteiger partial charge in [0, 0.05) is 9.35 Å². The number of halogens is 1. The van der Waals surface area contributed by atoms with Gasteiger partial charge in [0.25, 0.3) is 0 Å². The molecule has 82 valence electrons. The van der Waals surface area contributed by atoms with E-state index in [1.807, 2.05) is 11.4 Å². The van der Waals surface area contributed by atoms with Crippen LogP contribution in [0.15, 0.2) is 15.9 Å². The zero-order chi connectivity index (χ0) is 10.7. The third-order valence-corrected chi connectivity index (χ3v) is 4.42. The summed E-state index contributed by atoms with van der Waals surface area (Å²) in [5.41, 5.74) is 0. The predicted molar refractivity (Wildman–Crippen MR) is 64.9 cm³/mol. The SMILES string of the molecule is O=C(NCc1sccc1Br)[C@@H]1CCCN1. The maximum absolute atomic E-state index is 11.7. The zero-order valence-corrected chi connectivity index (χ0v) is 10.7. The zero-order valence-electron chi connectivity index (χ0n) is 8.25. The van der Waals surface area contributed by atoms with E-state index >= 15 is 0 Å². The molecular weight excluding hydrogens is 276 g/mol. The van der Waals surface area contributed by atoms with Gasteiger partial charge in [-0.2, -0.15) is 0 Å². The number of carbonyl (C=O) groups excluding carboxylic acids is 1. The van der Waals surface area contributed by atoms with E-state index in [0.717, 1.165) is 23.9 Å². The van der Waals surface area contributed by atoms with E-state index < -0.39 is 0 Å². The molecule has 1 fully saturated rings. The van der Waals surface area contributed by atoms with Gasteiger partial charge in [-0.15, -0.1) is 11.3 Å². The Morgan fingerprint density at radius 3 is 3.20 bits per heavy atom. The van der Waals surface area contributed by atoms with Crippen LogP contribution in [-0.4, -0.2) is 18.5 Å². The van der Waals surface area contributed by atoms with Gasteiger partial charge in [0.2, 0.25) is 5.91 Å². The van der Waals surface area contributed by atoms with Crippen LogP contribution >= 0.6 is 27.3 Å². The van der Waals surface area contributed by atoms with Crippen LogP contribution in [0.5, 0.6) is 0 Å². The number of rotatable bonds is 3. The summed E-state index contributed by atoms with van der Waals surface area (Å²) >= 11 is 5.10. The van der Waals surface area contributed by atoms with E-state index in [1.54, 1.807) is 11.3 Å². The summed E-state index contributed by atoms with van der Waals surface area (Å²) in [6.45, 7) is 1.58. The minimum Gasteiger partial charge on any atom is -0.350 e. The fourth-order valence-corrected chi connectivity index (χ4v) is 3.08. The smallest absolute Gasteiger partial charge is 0.237 e. The molecule has 3 nitrogen and oxygen atoms in total. The highest BCUT2D eigenvalue weighted by atomic mass is 79.9. The molecule has 0 bridgehead atoms. The molecule has 0 saturated carbocycles. The van der Waals surface area contributed by atoms with Crippen molar-refractivity contribution in [3.05, 3.63) is 20.8 Å². The third kappa shape index (κ3) is 2.80. The molecule has 2 rings (SSSR count). The highest BCUT2D eigenvalue weighted by Gasteiger charge is 2.21. The number of hydrogen-bond donors (Lipinski definition) is 2. The highest BCUT2D eigenvalue weighted by Crippen LogP contribution is 2.22. The number of hydrogen-bond acceptors (Lipinski definition) is 3. The molecule has 0 radical (unpaired) electrons. The lowest BCUT2D eigenvalue weighted by Gasteiger charge is -2.10. The fourth-order valence-electron chi connectivity index (χ4n) is 1.65. The van der Waals surface area contributed by atoms with E-state index in [4.69, 9.17) is 0 Å². The van der Waals surface area contributed by atoms with Crippen LogP contribution in [0, 0.1) is 0 Å². The molecule has 1 aliphatic rings. The molecule has 2 heterocycles. The first-order valence-electron chi connectivity index (χ1n) is 5.00. The van der Waals surface area contributed by atoms with Crippen LogP contribution in [0.4, 0.5) is 0 Å². The highest BCUT2D eigenvalue weighted by molar-refractivity contribution is 9.10. The Labute approximate surface area is 101 Å². The summed E-state index contributed by atoms with van der Waals surface area (Å²) in [6.07, 6.45) is 2.05. The molecule has 2 N–H and O–H groups in total. The monoisotopic (exact) mass is 288 g/mol. The van der Waals surface area contributed by atoms with Gasteiger partial charge in [0.15, 0.2) is 0 Å². The van der Waals surface area contributed by atoms with Crippen molar-refractivity contribution in [3.63, 3.8) is 0 Å². The largest absolute Gasteiger partial charge is 0.350 e. The number of nitrogens with one attached hydrogen (secondary N) is 2. The van der Waals surface area contributed by atoms with Crippen LogP contribution in [0.3, 0.4) is 0 Å². The minimum atomic E-state index is 0.0173. The quantitative estimate of drug-likeness (QED) is 0.892. The van der Waals surface area contributed by atoms with Crippen molar-refractivity contribution in [2.75, 3.05) is 6.54 Å². The Bertz CT molecular complexity index is 347. The maximum atomic E-state index is 11.7. The Morgan fingerprint density at radius 2 is 2.60 bits per heavy atom. The minimum absolute atomic E-state index is 0.0173. The van der Waals surface area contributed by atoms with Crippen LogP contribution in [-0.2, 0) is 11.3 Å². The predicted octanol–water partition coefficient (Wildman–Crippen LogP) is 1.88. The van der Waals surface area contributed by atoms with Gasteiger partial charge in [0.05, 0.1) is 12.6 Å². The van der Waals surface area contributed by atoms with Gasteiger partial charge >= 0.3 is 0 Å². The molecule has 15 heavy (non-hydrogen) atoms. The molecule has 0 aliphatic carbocycles. The Hall–Kier alpha value is -0.390. The standard InChI is InChI=1S/C10H13BrN2OS/c11-7-3-5-15-9(7)6-13-10(14)8-2-1-4-12-8/h3,5,8,12H,1-2,4,6H2,(H,13,14)/t8-/m0/s1. The molecule has 1 aromatic rings. The van der Waals surface area contributed by atoms with Gasteiger partial charge in [-0.3, -0.25) is 4.79 Å². The molecule has 0 spiro atoms. The Morgan fingerprint density at radius 1 is 1.73 bits per heavy atom. The fraction of sp³-hybridized carbons (Fsp3) is 0.500. The molecular formula is C10H13BrN2OS. The van der Waals surface area contributed by atoms with Crippen molar-refractivity contribution in [1.82, 2.24) is 10.6 Å². The maximum Gasteiger partial charge on any atom is 0.237 e. The van der Waals surface area contributed by atoms with Gasteiger partial charge in [-0.25, -0.2) is 0 Å². The normalized spacial score (nSPS) is 20.5. The first kappa shape index (κ1) is 11.1. The van der Waals surface area contributed by atoms with Gasteiger partial charge in [-0.1, -0.05) is 0 Å². The lowest BCUT2D eigenvalue weighted by atomic mass is 10.2. The average Bonchev–Trinajstić information content (AvgIpc) is 2.85. The topological polar surface area (TPSA) is 41.1 Å². The van der Waals surface area contributed by atoms with Crippen molar-refractivity contribution >= 4 is 33.2 Å². The van der Waals surface area contributed by atoms with E-state index in [-0.39, 0.29) is 11.9 Å². The van der Waals surface area contributed by atoms with Crippen LogP contribution < -0.4 is 10.6 Å². The molecule has 1 aromatic heterocycles. The summed E-state index contributed by atoms with van der Waals surface area (Å²) in [7, 11) is 0. The van der Waals surface area contributed by atoms with Crippen LogP contribution in [0.2, 0.25) is 0 Å². The molecule has 1 saturated heterocycles. The van der Waals surface area contributed by atoms with Crippen LogP contribution in [0.1, 0.15) is 17.7 Å². The first-order valence-corrected chi connectivity index (χ1v) is 6.67. The van der Waals surface area contributed by atoms with Crippen molar-refractivity contribution in [1.29, 1.82) is 0 Å². The summed E-state index contributed by atoms with van der Waals surface area (Å²) in [4.78, 5) is 12.8. The molecule has 0 unspecified atom stereocenters. The van der Waals surface area contributed by atoms with Crippen LogP contribution in [0.25, 0.3) is 0 Å². The summed E-state index contributed by atoms with van der Waals surface area (Å²) in [5.74, 6) is 0.118.